The lowest BCUT2D eigenvalue weighted by atomic mass is 9.99. The van der Waals surface area contributed by atoms with Gasteiger partial charge in [0.1, 0.15) is 24.4 Å². The Morgan fingerprint density at radius 2 is 0.738 bits per heavy atom. The van der Waals surface area contributed by atoms with E-state index < -0.39 is 49.5 Å². The molecule has 0 aliphatic carbocycles. The molecule has 1 amide bonds. The molecule has 0 radical (unpaired) electrons. The van der Waals surface area contributed by atoms with Crippen LogP contribution in [0.5, 0.6) is 0 Å². The normalized spacial score (nSPS) is 18.7. The standard InChI is InChI=1S/C71H133NO8/c1-3-5-7-9-11-13-15-17-19-21-23-24-25-26-27-28-29-30-31-32-33-34-35-36-37-38-39-40-41-42-43-45-47-49-51-53-55-57-59-61-67(75)72-64(63-79-71-70(78)69(77)68(76)66(62-73)80-71)65(74)60-58-56-54-52-50-48-46-44-22-20-18-16-14-12-10-8-6-4-2/h15,17,21,23,25-26,58,60,64-66,68-71,73-74,76-78H,3-14,16,18-20,22,24,27-57,59,61-63H2,1-2H3,(H,72,75)/b17-15-,23-21-,26-25-,60-58+. The Morgan fingerprint density at radius 3 is 1.09 bits per heavy atom. The van der Waals surface area contributed by atoms with Gasteiger partial charge in [-0.1, -0.05) is 326 Å². The van der Waals surface area contributed by atoms with Gasteiger partial charge in [0, 0.05) is 6.42 Å². The summed E-state index contributed by atoms with van der Waals surface area (Å²) >= 11 is 0. The van der Waals surface area contributed by atoms with Crippen molar-refractivity contribution in [2.45, 2.75) is 384 Å². The maximum Gasteiger partial charge on any atom is 0.220 e. The molecule has 0 aromatic rings. The van der Waals surface area contributed by atoms with Crippen LogP contribution in [-0.2, 0) is 14.3 Å². The molecule has 0 aromatic carbocycles. The number of aliphatic hydroxyl groups excluding tert-OH is 5. The van der Waals surface area contributed by atoms with Gasteiger partial charge in [0.15, 0.2) is 6.29 Å². The summed E-state index contributed by atoms with van der Waals surface area (Å²) in [6.07, 6.45) is 75.1. The SMILES string of the molecule is CCCCCCC/C=C\C/C=C\C/C=C\CCCCCCCCCCCCCCCCCCCCCCCCCCC(=O)NC(COC1OC(CO)C(O)C(O)C1O)C(O)/C=C/CCCCCCCCCCCCCCCCCC. The van der Waals surface area contributed by atoms with Crippen LogP contribution in [0, 0.1) is 0 Å². The van der Waals surface area contributed by atoms with E-state index >= 15 is 0 Å². The smallest absolute Gasteiger partial charge is 0.220 e. The first-order valence-electron chi connectivity index (χ1n) is 34.9. The number of hydrogen-bond donors (Lipinski definition) is 6. The van der Waals surface area contributed by atoms with Crippen molar-refractivity contribution in [2.24, 2.45) is 0 Å². The molecule has 0 bridgehead atoms. The number of rotatable bonds is 61. The van der Waals surface area contributed by atoms with Crippen LogP contribution in [0.15, 0.2) is 48.6 Å². The molecule has 9 nitrogen and oxygen atoms in total. The third-order valence-electron chi connectivity index (χ3n) is 16.6. The van der Waals surface area contributed by atoms with Gasteiger partial charge in [-0.05, 0) is 57.8 Å². The molecule has 9 heteroatoms. The van der Waals surface area contributed by atoms with Gasteiger partial charge in [0.25, 0.3) is 0 Å². The van der Waals surface area contributed by atoms with E-state index in [0.29, 0.717) is 6.42 Å². The molecule has 80 heavy (non-hydrogen) atoms. The van der Waals surface area contributed by atoms with Gasteiger partial charge in [0.05, 0.1) is 25.4 Å². The molecular formula is C71H133NO8. The zero-order chi connectivity index (χ0) is 57.9. The Kier molecular flexibility index (Phi) is 57.4. The third-order valence-corrected chi connectivity index (χ3v) is 16.6. The molecule has 7 atom stereocenters. The van der Waals surface area contributed by atoms with Crippen LogP contribution < -0.4 is 5.32 Å². The lowest BCUT2D eigenvalue weighted by Crippen LogP contribution is -2.60. The Balaban J connectivity index is 2.06. The first kappa shape index (κ1) is 76.2. The van der Waals surface area contributed by atoms with Crippen molar-refractivity contribution in [3.63, 3.8) is 0 Å². The van der Waals surface area contributed by atoms with E-state index in [-0.39, 0.29) is 12.5 Å². The molecule has 7 unspecified atom stereocenters. The summed E-state index contributed by atoms with van der Waals surface area (Å²) in [5.41, 5.74) is 0. The van der Waals surface area contributed by atoms with Crippen LogP contribution in [-0.4, -0.2) is 87.5 Å². The number of carbonyl (C=O) groups is 1. The van der Waals surface area contributed by atoms with Crippen molar-refractivity contribution >= 4 is 5.91 Å². The largest absolute Gasteiger partial charge is 0.394 e. The highest BCUT2D eigenvalue weighted by Gasteiger charge is 2.44. The first-order chi connectivity index (χ1) is 39.3. The van der Waals surface area contributed by atoms with E-state index in [1.165, 1.54) is 270 Å². The van der Waals surface area contributed by atoms with Crippen molar-refractivity contribution < 1.29 is 39.8 Å². The van der Waals surface area contributed by atoms with Crippen LogP contribution in [0.25, 0.3) is 0 Å². The van der Waals surface area contributed by atoms with Crippen molar-refractivity contribution in [3.05, 3.63) is 48.6 Å². The van der Waals surface area contributed by atoms with Gasteiger partial charge in [-0.25, -0.2) is 0 Å². The average molecular weight is 1130 g/mol. The van der Waals surface area contributed by atoms with Crippen molar-refractivity contribution in [1.82, 2.24) is 5.32 Å². The number of carbonyl (C=O) groups excluding carboxylic acids is 1. The van der Waals surface area contributed by atoms with Crippen molar-refractivity contribution in [3.8, 4) is 0 Å². The fourth-order valence-corrected chi connectivity index (χ4v) is 11.2. The fourth-order valence-electron chi connectivity index (χ4n) is 11.2. The monoisotopic (exact) mass is 1130 g/mol. The van der Waals surface area contributed by atoms with E-state index in [4.69, 9.17) is 9.47 Å². The van der Waals surface area contributed by atoms with Gasteiger partial charge in [-0.2, -0.15) is 0 Å². The summed E-state index contributed by atoms with van der Waals surface area (Å²) in [6.45, 7) is 3.81. The van der Waals surface area contributed by atoms with Crippen molar-refractivity contribution in [1.29, 1.82) is 0 Å². The number of hydrogen-bond acceptors (Lipinski definition) is 8. The molecule has 1 saturated heterocycles. The van der Waals surface area contributed by atoms with Gasteiger partial charge < -0.3 is 40.3 Å². The van der Waals surface area contributed by atoms with E-state index in [0.717, 1.165) is 51.4 Å². The topological polar surface area (TPSA) is 149 Å². The number of nitrogens with one attached hydrogen (secondary N) is 1. The minimum atomic E-state index is -1.57. The molecule has 1 fully saturated rings. The highest BCUT2D eigenvalue weighted by Crippen LogP contribution is 2.23. The Hall–Kier alpha value is -1.85. The maximum absolute atomic E-state index is 13.1. The Labute approximate surface area is 494 Å². The second-order valence-electron chi connectivity index (χ2n) is 24.3. The summed E-state index contributed by atoms with van der Waals surface area (Å²) in [5, 5.41) is 54.7. The number of aliphatic hydroxyl groups is 5. The van der Waals surface area contributed by atoms with Gasteiger partial charge in [0.2, 0.25) is 5.91 Å². The predicted octanol–water partition coefficient (Wildman–Crippen LogP) is 18.8. The second-order valence-corrected chi connectivity index (χ2v) is 24.3. The second kappa shape index (κ2) is 60.3. The number of ether oxygens (including phenoxy) is 2. The van der Waals surface area contributed by atoms with Crippen LogP contribution in [0.2, 0.25) is 0 Å². The van der Waals surface area contributed by atoms with Crippen LogP contribution in [0.3, 0.4) is 0 Å². The zero-order valence-corrected chi connectivity index (χ0v) is 52.6. The summed E-state index contributed by atoms with van der Waals surface area (Å²) in [4.78, 5) is 13.1. The van der Waals surface area contributed by atoms with Crippen LogP contribution in [0.1, 0.15) is 341 Å². The first-order valence-corrected chi connectivity index (χ1v) is 34.9. The minimum absolute atomic E-state index is 0.170. The highest BCUT2D eigenvalue weighted by atomic mass is 16.7. The molecular weight excluding hydrogens is 995 g/mol. The van der Waals surface area contributed by atoms with Gasteiger partial charge in [-0.3, -0.25) is 4.79 Å². The third kappa shape index (κ3) is 48.5. The minimum Gasteiger partial charge on any atom is -0.394 e. The molecule has 0 aromatic heterocycles. The van der Waals surface area contributed by atoms with E-state index in [1.807, 2.05) is 6.08 Å². The molecule has 1 aliphatic heterocycles. The van der Waals surface area contributed by atoms with E-state index in [9.17, 15) is 30.3 Å². The summed E-state index contributed by atoms with van der Waals surface area (Å²) in [5.74, 6) is -0.170. The molecule has 1 aliphatic rings. The zero-order valence-electron chi connectivity index (χ0n) is 52.6. The van der Waals surface area contributed by atoms with Crippen molar-refractivity contribution in [2.75, 3.05) is 13.2 Å². The highest BCUT2D eigenvalue weighted by molar-refractivity contribution is 5.76. The lowest BCUT2D eigenvalue weighted by Gasteiger charge is -2.40. The summed E-state index contributed by atoms with van der Waals surface area (Å²) in [7, 11) is 0. The van der Waals surface area contributed by atoms with Gasteiger partial charge >= 0.3 is 0 Å². The number of unbranched alkanes of at least 4 members (excludes halogenated alkanes) is 45. The Bertz CT molecular complexity index is 1400. The summed E-state index contributed by atoms with van der Waals surface area (Å²) in [6, 6.07) is -0.804. The molecule has 470 valence electrons. The van der Waals surface area contributed by atoms with E-state index in [2.05, 4.69) is 55.6 Å². The Morgan fingerprint density at radius 1 is 0.425 bits per heavy atom. The lowest BCUT2D eigenvalue weighted by molar-refractivity contribution is -0.302. The predicted molar refractivity (Wildman–Crippen MR) is 341 cm³/mol. The molecule has 1 heterocycles. The number of allylic oxidation sites excluding steroid dienone is 7. The number of amides is 1. The average Bonchev–Trinajstić information content (AvgIpc) is 3.46. The molecule has 0 spiro atoms. The van der Waals surface area contributed by atoms with Crippen LogP contribution in [0.4, 0.5) is 0 Å². The maximum atomic E-state index is 13.1. The summed E-state index contributed by atoms with van der Waals surface area (Å²) < 4.78 is 11.3. The quantitative estimate of drug-likeness (QED) is 0.0261. The van der Waals surface area contributed by atoms with Crippen LogP contribution >= 0.6 is 0 Å². The molecule has 6 N–H and O–H groups in total. The molecule has 0 saturated carbocycles. The van der Waals surface area contributed by atoms with E-state index in [1.54, 1.807) is 6.08 Å². The fraction of sp³-hybridized carbons (Fsp3) is 0.873. The molecule has 1 rings (SSSR count). The van der Waals surface area contributed by atoms with Gasteiger partial charge in [-0.15, -0.1) is 0 Å².